The average molecular weight is 477 g/mol. The van der Waals surface area contributed by atoms with Crippen molar-refractivity contribution in [1.29, 1.82) is 0 Å². The molecule has 1 unspecified atom stereocenters. The second-order valence-electron chi connectivity index (χ2n) is 8.38. The van der Waals surface area contributed by atoms with Crippen LogP contribution in [-0.2, 0) is 11.2 Å². The Bertz CT molecular complexity index is 1130. The van der Waals surface area contributed by atoms with E-state index in [1.165, 1.54) is 0 Å². The number of aromatic amines is 1. The first kappa shape index (κ1) is 25.2. The molecule has 1 aromatic carbocycles. The number of carboxylic acid groups (broad SMARTS) is 1. The van der Waals surface area contributed by atoms with Gasteiger partial charge in [-0.05, 0) is 42.2 Å². The van der Waals surface area contributed by atoms with Gasteiger partial charge < -0.3 is 15.3 Å². The molecule has 0 aliphatic carbocycles. The zero-order valence-electron chi connectivity index (χ0n) is 18.8. The van der Waals surface area contributed by atoms with Gasteiger partial charge in [-0.2, -0.15) is 18.3 Å². The highest BCUT2D eigenvalue weighted by molar-refractivity contribution is 5.98. The first-order valence-corrected chi connectivity index (χ1v) is 10.8. The van der Waals surface area contributed by atoms with Crippen LogP contribution in [0.4, 0.5) is 13.2 Å². The normalized spacial score (nSPS) is 16.3. The minimum atomic E-state index is -5.08. The van der Waals surface area contributed by atoms with Gasteiger partial charge in [-0.25, -0.2) is 4.79 Å². The van der Waals surface area contributed by atoms with Gasteiger partial charge in [0.2, 0.25) is 0 Å². The van der Waals surface area contributed by atoms with Crippen LogP contribution < -0.4 is 5.32 Å². The van der Waals surface area contributed by atoms with E-state index in [0.717, 1.165) is 40.7 Å². The summed E-state index contributed by atoms with van der Waals surface area (Å²) in [4.78, 5) is 28.1. The summed E-state index contributed by atoms with van der Waals surface area (Å²) in [6, 6.07) is 9.90. The molecule has 11 heteroatoms. The molecule has 1 aliphatic heterocycles. The number of fused-ring (bicyclic) bond motifs is 1. The maximum atomic E-state index is 13.1. The molecular weight excluding hydrogens is 451 g/mol. The lowest BCUT2D eigenvalue weighted by Gasteiger charge is -2.34. The minimum Gasteiger partial charge on any atom is -0.475 e. The summed E-state index contributed by atoms with van der Waals surface area (Å²) in [5, 5.41) is 19.2. The van der Waals surface area contributed by atoms with Gasteiger partial charge in [0.1, 0.15) is 0 Å². The van der Waals surface area contributed by atoms with Crippen molar-refractivity contribution in [3.05, 3.63) is 59.5 Å². The van der Waals surface area contributed by atoms with E-state index in [9.17, 15) is 18.0 Å². The third kappa shape index (κ3) is 6.31. The van der Waals surface area contributed by atoms with E-state index in [-0.39, 0.29) is 11.9 Å². The van der Waals surface area contributed by atoms with Crippen LogP contribution in [0.1, 0.15) is 41.5 Å². The number of hydrogen-bond donors (Lipinski definition) is 3. The highest BCUT2D eigenvalue weighted by Gasteiger charge is 2.38. The molecule has 0 spiro atoms. The quantitative estimate of drug-likeness (QED) is 0.530. The molecule has 4 rings (SSSR count). The molecular formula is C23H26F3N5O3. The third-order valence-electron chi connectivity index (χ3n) is 5.28. The van der Waals surface area contributed by atoms with Crippen molar-refractivity contribution in [3.63, 3.8) is 0 Å². The second-order valence-corrected chi connectivity index (χ2v) is 8.38. The van der Waals surface area contributed by atoms with Gasteiger partial charge in [0.05, 0.1) is 11.6 Å². The van der Waals surface area contributed by atoms with E-state index in [0.29, 0.717) is 19.0 Å². The number of hydrogen-bond acceptors (Lipinski definition) is 5. The first-order chi connectivity index (χ1) is 16.1. The average Bonchev–Trinajstić information content (AvgIpc) is 3.20. The number of rotatable bonds is 4. The molecule has 2 aromatic heterocycles. The van der Waals surface area contributed by atoms with Crippen molar-refractivity contribution in [1.82, 2.24) is 25.4 Å². The van der Waals surface area contributed by atoms with Gasteiger partial charge in [0.25, 0.3) is 5.91 Å². The maximum Gasteiger partial charge on any atom is 0.490 e. The Morgan fingerprint density at radius 2 is 2.00 bits per heavy atom. The standard InChI is InChI=1S/C21H25N5O.C2HF3O2/c1-14(2)10-19-17-11-15(5-6-18(17)24-25-19)21(27)26-9-8-23-20(13-26)16-4-3-7-22-12-16;3-2(4,5)1(6)7/h3-7,11-12,14,20,23H,8-10,13H2,1-2H3,(H,24,25);(H,6,7). The van der Waals surface area contributed by atoms with E-state index in [1.54, 1.807) is 6.20 Å². The van der Waals surface area contributed by atoms with Gasteiger partial charge in [-0.3, -0.25) is 14.9 Å². The fraction of sp³-hybridized carbons (Fsp3) is 0.391. The predicted molar refractivity (Wildman–Crippen MR) is 119 cm³/mol. The van der Waals surface area contributed by atoms with Crippen molar-refractivity contribution < 1.29 is 27.9 Å². The topological polar surface area (TPSA) is 111 Å². The van der Waals surface area contributed by atoms with Crippen molar-refractivity contribution in [2.45, 2.75) is 32.5 Å². The number of piperazine rings is 1. The number of pyridine rings is 1. The Hall–Kier alpha value is -3.47. The van der Waals surface area contributed by atoms with Crippen LogP contribution in [0.2, 0.25) is 0 Å². The molecule has 0 bridgehead atoms. The summed E-state index contributed by atoms with van der Waals surface area (Å²) < 4.78 is 31.7. The number of H-pyrrole nitrogens is 1. The Labute approximate surface area is 194 Å². The Kier molecular flexibility index (Phi) is 7.87. The molecule has 1 atom stereocenters. The number of aromatic nitrogens is 3. The SMILES string of the molecule is CC(C)Cc1[nH]nc2ccc(C(=O)N3CCNC(c4cccnc4)C3)cc12.O=C(O)C(F)(F)F. The highest BCUT2D eigenvalue weighted by atomic mass is 19.4. The summed E-state index contributed by atoms with van der Waals surface area (Å²) in [5.74, 6) is -2.15. The summed E-state index contributed by atoms with van der Waals surface area (Å²) in [7, 11) is 0. The zero-order chi connectivity index (χ0) is 24.9. The Morgan fingerprint density at radius 1 is 1.26 bits per heavy atom. The number of carbonyl (C=O) groups is 2. The van der Waals surface area contributed by atoms with Crippen LogP contribution in [-0.4, -0.2) is 62.9 Å². The van der Waals surface area contributed by atoms with Crippen LogP contribution in [0.3, 0.4) is 0 Å². The molecule has 3 aromatic rings. The number of alkyl halides is 3. The Morgan fingerprint density at radius 3 is 2.62 bits per heavy atom. The number of carboxylic acids is 1. The van der Waals surface area contributed by atoms with E-state index in [2.05, 4.69) is 34.3 Å². The maximum absolute atomic E-state index is 13.1. The lowest BCUT2D eigenvalue weighted by molar-refractivity contribution is -0.192. The van der Waals surface area contributed by atoms with Gasteiger partial charge >= 0.3 is 12.1 Å². The zero-order valence-corrected chi connectivity index (χ0v) is 18.8. The molecule has 8 nitrogen and oxygen atoms in total. The fourth-order valence-corrected chi connectivity index (χ4v) is 3.68. The Balaban J connectivity index is 0.000000406. The summed E-state index contributed by atoms with van der Waals surface area (Å²) in [6.45, 7) is 6.49. The van der Waals surface area contributed by atoms with Gasteiger partial charge in [0, 0.05) is 48.7 Å². The number of nitrogens with zero attached hydrogens (tertiary/aromatic N) is 3. The van der Waals surface area contributed by atoms with Crippen LogP contribution >= 0.6 is 0 Å². The molecule has 182 valence electrons. The number of benzene rings is 1. The summed E-state index contributed by atoms with van der Waals surface area (Å²) >= 11 is 0. The number of halogens is 3. The highest BCUT2D eigenvalue weighted by Crippen LogP contribution is 2.23. The second kappa shape index (κ2) is 10.6. The third-order valence-corrected chi connectivity index (χ3v) is 5.28. The lowest BCUT2D eigenvalue weighted by Crippen LogP contribution is -2.48. The van der Waals surface area contributed by atoms with E-state index >= 15 is 0 Å². The van der Waals surface area contributed by atoms with E-state index in [1.807, 2.05) is 41.4 Å². The smallest absolute Gasteiger partial charge is 0.475 e. The van der Waals surface area contributed by atoms with Crippen molar-refractivity contribution in [2.75, 3.05) is 19.6 Å². The van der Waals surface area contributed by atoms with E-state index < -0.39 is 12.1 Å². The molecule has 34 heavy (non-hydrogen) atoms. The minimum absolute atomic E-state index is 0.0731. The predicted octanol–water partition coefficient (Wildman–Crippen LogP) is 3.58. The molecule has 3 N–H and O–H groups in total. The summed E-state index contributed by atoms with van der Waals surface area (Å²) in [5.41, 5.74) is 3.85. The van der Waals surface area contributed by atoms with Gasteiger partial charge in [-0.15, -0.1) is 0 Å². The molecule has 1 amide bonds. The van der Waals surface area contributed by atoms with Crippen LogP contribution in [0.5, 0.6) is 0 Å². The fourth-order valence-electron chi connectivity index (χ4n) is 3.68. The number of aliphatic carboxylic acids is 1. The van der Waals surface area contributed by atoms with Crippen molar-refractivity contribution in [3.8, 4) is 0 Å². The van der Waals surface area contributed by atoms with Crippen LogP contribution in [0.25, 0.3) is 10.9 Å². The largest absolute Gasteiger partial charge is 0.490 e. The lowest BCUT2D eigenvalue weighted by atomic mass is 10.0. The van der Waals surface area contributed by atoms with Crippen LogP contribution in [0.15, 0.2) is 42.7 Å². The molecule has 1 aliphatic rings. The van der Waals surface area contributed by atoms with Gasteiger partial charge in [0.15, 0.2) is 0 Å². The van der Waals surface area contributed by atoms with E-state index in [4.69, 9.17) is 9.90 Å². The molecule has 1 saturated heterocycles. The molecule has 0 saturated carbocycles. The van der Waals surface area contributed by atoms with Gasteiger partial charge in [-0.1, -0.05) is 19.9 Å². The molecule has 1 fully saturated rings. The number of amides is 1. The molecule has 0 radical (unpaired) electrons. The van der Waals surface area contributed by atoms with Crippen LogP contribution in [0, 0.1) is 5.92 Å². The number of nitrogens with one attached hydrogen (secondary N) is 2. The molecule has 3 heterocycles. The first-order valence-electron chi connectivity index (χ1n) is 10.8. The number of carbonyl (C=O) groups excluding carboxylic acids is 1. The summed E-state index contributed by atoms with van der Waals surface area (Å²) in [6.07, 6.45) is -0.531. The van der Waals surface area contributed by atoms with Crippen molar-refractivity contribution >= 4 is 22.8 Å². The van der Waals surface area contributed by atoms with Crippen molar-refractivity contribution in [2.24, 2.45) is 5.92 Å². The monoisotopic (exact) mass is 477 g/mol.